The summed E-state index contributed by atoms with van der Waals surface area (Å²) in [7, 11) is 4.00. The van der Waals surface area contributed by atoms with Crippen molar-refractivity contribution in [3.05, 3.63) is 21.7 Å². The quantitative estimate of drug-likeness (QED) is 0.509. The Morgan fingerprint density at radius 2 is 1.83 bits per heavy atom. The van der Waals surface area contributed by atoms with Crippen molar-refractivity contribution in [3.8, 4) is 17.2 Å². The first-order chi connectivity index (χ1) is 13.7. The monoisotopic (exact) mass is 411 g/mol. The lowest BCUT2D eigenvalue weighted by molar-refractivity contribution is -0.386. The molecule has 0 radical (unpaired) electrons. The number of carbonyl (C=O) groups excluding carboxylic acids is 1. The Morgan fingerprint density at radius 1 is 1.24 bits per heavy atom. The third-order valence-corrected chi connectivity index (χ3v) is 4.86. The lowest BCUT2D eigenvalue weighted by Crippen LogP contribution is -2.52. The first-order valence-corrected chi connectivity index (χ1v) is 9.38. The van der Waals surface area contributed by atoms with Crippen LogP contribution in [0.5, 0.6) is 17.2 Å². The van der Waals surface area contributed by atoms with Gasteiger partial charge >= 0.3 is 5.69 Å². The van der Waals surface area contributed by atoms with Gasteiger partial charge < -0.3 is 24.3 Å². The molecule has 2 rings (SSSR count). The van der Waals surface area contributed by atoms with Gasteiger partial charge in [0.2, 0.25) is 11.5 Å². The van der Waals surface area contributed by atoms with Crippen LogP contribution in [-0.4, -0.2) is 74.9 Å². The minimum Gasteiger partial charge on any atom is -0.493 e. The van der Waals surface area contributed by atoms with Gasteiger partial charge in [-0.25, -0.2) is 0 Å². The smallest absolute Gasteiger partial charge is 0.327 e. The molecule has 29 heavy (non-hydrogen) atoms. The number of morpholine rings is 1. The highest BCUT2D eigenvalue weighted by atomic mass is 16.6. The van der Waals surface area contributed by atoms with Crippen LogP contribution in [0.1, 0.15) is 31.1 Å². The minimum atomic E-state index is -0.662. The Balaban J connectivity index is 2.24. The van der Waals surface area contributed by atoms with Gasteiger partial charge in [0.15, 0.2) is 5.75 Å². The third-order valence-electron chi connectivity index (χ3n) is 4.86. The summed E-state index contributed by atoms with van der Waals surface area (Å²) in [5, 5.41) is 14.4. The van der Waals surface area contributed by atoms with E-state index in [2.05, 4.69) is 10.2 Å². The molecule has 1 aliphatic rings. The van der Waals surface area contributed by atoms with E-state index in [1.165, 1.54) is 27.4 Å². The zero-order chi connectivity index (χ0) is 21.7. The van der Waals surface area contributed by atoms with Crippen molar-refractivity contribution in [2.24, 2.45) is 0 Å². The van der Waals surface area contributed by atoms with Crippen molar-refractivity contribution in [3.63, 3.8) is 0 Å². The maximum atomic E-state index is 12.8. The molecular weight excluding hydrogens is 382 g/mol. The van der Waals surface area contributed by atoms with Crippen LogP contribution in [0.25, 0.3) is 0 Å². The summed E-state index contributed by atoms with van der Waals surface area (Å²) in [6, 6.07) is 1.33. The van der Waals surface area contributed by atoms with Gasteiger partial charge in [-0.15, -0.1) is 0 Å². The summed E-state index contributed by atoms with van der Waals surface area (Å²) in [5.74, 6) is -0.519. The number of nitro groups is 1. The van der Waals surface area contributed by atoms with Crippen molar-refractivity contribution >= 4 is 11.6 Å². The van der Waals surface area contributed by atoms with Gasteiger partial charge in [0.25, 0.3) is 5.91 Å². The summed E-state index contributed by atoms with van der Waals surface area (Å²) in [5.41, 5.74) is -0.621. The normalized spacial score (nSPS) is 20.6. The average Bonchev–Trinajstić information content (AvgIpc) is 2.68. The Labute approximate surface area is 170 Å². The number of methoxy groups -OCH3 is 3. The molecule has 1 fully saturated rings. The molecule has 1 amide bonds. The fourth-order valence-corrected chi connectivity index (χ4v) is 3.54. The first-order valence-electron chi connectivity index (χ1n) is 9.38. The highest BCUT2D eigenvalue weighted by Gasteiger charge is 2.33. The molecule has 1 saturated heterocycles. The third kappa shape index (κ3) is 5.07. The van der Waals surface area contributed by atoms with E-state index < -0.39 is 16.5 Å². The van der Waals surface area contributed by atoms with Crippen LogP contribution in [0.3, 0.4) is 0 Å². The van der Waals surface area contributed by atoms with Crippen LogP contribution in [-0.2, 0) is 4.74 Å². The molecule has 3 atom stereocenters. The molecule has 1 aromatic carbocycles. The van der Waals surface area contributed by atoms with E-state index in [9.17, 15) is 14.9 Å². The van der Waals surface area contributed by atoms with Crippen LogP contribution in [0.15, 0.2) is 6.07 Å². The predicted octanol–water partition coefficient (Wildman–Crippen LogP) is 1.85. The molecule has 0 saturated carbocycles. The lowest BCUT2D eigenvalue weighted by Gasteiger charge is -2.39. The number of benzene rings is 1. The van der Waals surface area contributed by atoms with Crippen LogP contribution >= 0.6 is 0 Å². The second-order valence-corrected chi connectivity index (χ2v) is 7.07. The van der Waals surface area contributed by atoms with Gasteiger partial charge in [-0.2, -0.15) is 0 Å². The summed E-state index contributed by atoms with van der Waals surface area (Å²) >= 11 is 0. The molecule has 0 spiro atoms. The zero-order valence-electron chi connectivity index (χ0n) is 17.7. The number of rotatable bonds is 8. The van der Waals surface area contributed by atoms with Crippen LogP contribution in [0, 0.1) is 10.1 Å². The Kier molecular flexibility index (Phi) is 7.63. The first kappa shape index (κ1) is 22.7. The summed E-state index contributed by atoms with van der Waals surface area (Å²) in [4.78, 5) is 26.0. The van der Waals surface area contributed by atoms with Crippen molar-refractivity contribution in [1.82, 2.24) is 10.2 Å². The molecule has 162 valence electrons. The van der Waals surface area contributed by atoms with Gasteiger partial charge in [-0.05, 0) is 20.8 Å². The maximum Gasteiger partial charge on any atom is 0.327 e. The van der Waals surface area contributed by atoms with Crippen molar-refractivity contribution in [2.75, 3.05) is 41.0 Å². The van der Waals surface area contributed by atoms with Gasteiger partial charge in [0, 0.05) is 31.7 Å². The predicted molar refractivity (Wildman–Crippen MR) is 106 cm³/mol. The fourth-order valence-electron chi connectivity index (χ4n) is 3.54. The van der Waals surface area contributed by atoms with Crippen molar-refractivity contribution in [2.45, 2.75) is 39.0 Å². The maximum absolute atomic E-state index is 12.8. The number of carbonyl (C=O) groups is 1. The molecular formula is C19H29N3O7. The van der Waals surface area contributed by atoms with E-state index in [4.69, 9.17) is 18.9 Å². The zero-order valence-corrected chi connectivity index (χ0v) is 17.7. The molecule has 10 nitrogen and oxygen atoms in total. The molecule has 0 aromatic heterocycles. The van der Waals surface area contributed by atoms with Crippen molar-refractivity contribution in [1.29, 1.82) is 0 Å². The fraction of sp³-hybridized carbons (Fsp3) is 0.632. The van der Waals surface area contributed by atoms with E-state index in [1.54, 1.807) is 0 Å². The highest BCUT2D eigenvalue weighted by molar-refractivity contribution is 6.00. The average molecular weight is 411 g/mol. The number of nitro benzene ring substituents is 1. The Bertz CT molecular complexity index is 746. The second kappa shape index (κ2) is 9.75. The van der Waals surface area contributed by atoms with Crippen LogP contribution in [0.4, 0.5) is 5.69 Å². The Morgan fingerprint density at radius 3 is 2.31 bits per heavy atom. The van der Waals surface area contributed by atoms with E-state index in [-0.39, 0.29) is 41.1 Å². The number of nitrogens with one attached hydrogen (secondary N) is 1. The van der Waals surface area contributed by atoms with E-state index in [1.807, 2.05) is 20.8 Å². The second-order valence-electron chi connectivity index (χ2n) is 7.07. The lowest BCUT2D eigenvalue weighted by atomic mass is 10.1. The molecule has 10 heteroatoms. The molecule has 0 bridgehead atoms. The molecule has 1 aliphatic heterocycles. The number of nitrogens with zero attached hydrogens (tertiary/aromatic N) is 2. The highest BCUT2D eigenvalue weighted by Crippen LogP contribution is 2.46. The van der Waals surface area contributed by atoms with Crippen molar-refractivity contribution < 1.29 is 28.7 Å². The molecule has 0 aliphatic carbocycles. The molecule has 1 aromatic rings. The van der Waals surface area contributed by atoms with E-state index in [0.29, 0.717) is 6.54 Å². The number of hydrogen-bond acceptors (Lipinski definition) is 8. The molecule has 1 N–H and O–H groups in total. The van der Waals surface area contributed by atoms with Gasteiger partial charge in [-0.1, -0.05) is 0 Å². The topological polar surface area (TPSA) is 112 Å². The number of ether oxygens (including phenoxy) is 4. The number of amides is 1. The SMILES string of the molecule is COc1cc(C(=O)NCC(C)N2CC(C)OC(C)C2)c([N+](=O)[O-])c(OC)c1OC. The largest absolute Gasteiger partial charge is 0.493 e. The van der Waals surface area contributed by atoms with E-state index in [0.717, 1.165) is 13.1 Å². The van der Waals surface area contributed by atoms with E-state index >= 15 is 0 Å². The van der Waals surface area contributed by atoms with Gasteiger partial charge in [0.1, 0.15) is 5.56 Å². The summed E-state index contributed by atoms with van der Waals surface area (Å²) in [6.07, 6.45) is 0.209. The summed E-state index contributed by atoms with van der Waals surface area (Å²) in [6.45, 7) is 7.85. The minimum absolute atomic E-state index is 0.0360. The molecule has 1 heterocycles. The molecule has 3 unspecified atom stereocenters. The number of hydrogen-bond donors (Lipinski definition) is 1. The standard InChI is InChI=1S/C19H29N3O7/c1-11(21-9-12(2)29-13(3)10-21)8-20-19(23)14-7-15(26-4)17(27-5)18(28-6)16(14)22(24)25/h7,11-13H,8-10H2,1-6H3,(H,20,23). The summed E-state index contributed by atoms with van der Waals surface area (Å²) < 4.78 is 21.3. The Hall–Kier alpha value is -2.59. The van der Waals surface area contributed by atoms with Gasteiger partial charge in [-0.3, -0.25) is 19.8 Å². The van der Waals surface area contributed by atoms with Gasteiger partial charge in [0.05, 0.1) is 38.5 Å². The van der Waals surface area contributed by atoms with Crippen LogP contribution < -0.4 is 19.5 Å². The van der Waals surface area contributed by atoms with Crippen LogP contribution in [0.2, 0.25) is 0 Å².